The molecule has 0 spiro atoms. The van der Waals surface area contributed by atoms with Gasteiger partial charge in [-0.15, -0.1) is 0 Å². The minimum atomic E-state index is -4.20. The molecule has 1 saturated heterocycles. The average molecular weight is 355 g/mol. The van der Waals surface area contributed by atoms with Crippen LogP contribution in [0.4, 0.5) is 13.2 Å². The Bertz CT molecular complexity index is 494. The molecule has 0 radical (unpaired) electrons. The van der Waals surface area contributed by atoms with Gasteiger partial charge in [-0.05, 0) is 22.9 Å². The molecular formula is C11H14BrF3N4O. The number of H-pyrrole nitrogens is 1. The number of nitrogens with one attached hydrogen (secondary N) is 1. The van der Waals surface area contributed by atoms with Crippen LogP contribution in [0.2, 0.25) is 0 Å². The zero-order valence-corrected chi connectivity index (χ0v) is 12.4. The summed E-state index contributed by atoms with van der Waals surface area (Å²) in [6.45, 7) is 1.81. The van der Waals surface area contributed by atoms with Crippen LogP contribution in [-0.2, 0) is 0 Å². The van der Waals surface area contributed by atoms with Crippen LogP contribution in [0.15, 0.2) is 4.47 Å². The first-order valence-corrected chi connectivity index (χ1v) is 6.86. The van der Waals surface area contributed by atoms with E-state index in [9.17, 15) is 18.0 Å². The molecule has 0 bridgehead atoms. The lowest BCUT2D eigenvalue weighted by molar-refractivity contribution is -0.148. The van der Waals surface area contributed by atoms with Gasteiger partial charge in [0.15, 0.2) is 5.69 Å². The van der Waals surface area contributed by atoms with Crippen LogP contribution in [0.25, 0.3) is 0 Å². The molecule has 112 valence electrons. The van der Waals surface area contributed by atoms with Crippen LogP contribution in [0.3, 0.4) is 0 Å². The first-order chi connectivity index (χ1) is 9.28. The number of hydrogen-bond donors (Lipinski definition) is 1. The monoisotopic (exact) mass is 354 g/mol. The van der Waals surface area contributed by atoms with E-state index in [1.807, 2.05) is 0 Å². The van der Waals surface area contributed by atoms with Gasteiger partial charge in [-0.2, -0.15) is 18.3 Å². The second kappa shape index (κ2) is 5.72. The second-order valence-corrected chi connectivity index (χ2v) is 5.49. The summed E-state index contributed by atoms with van der Waals surface area (Å²) >= 11 is 3.27. The number of piperazine rings is 1. The van der Waals surface area contributed by atoms with Gasteiger partial charge >= 0.3 is 6.18 Å². The van der Waals surface area contributed by atoms with Crippen LogP contribution in [-0.4, -0.2) is 64.8 Å². The fraction of sp³-hybridized carbons (Fsp3) is 0.636. The molecule has 1 N–H and O–H groups in total. The third kappa shape index (κ3) is 3.51. The largest absolute Gasteiger partial charge is 0.401 e. The Morgan fingerprint density at radius 1 is 1.35 bits per heavy atom. The van der Waals surface area contributed by atoms with E-state index in [0.29, 0.717) is 4.47 Å². The molecule has 0 aliphatic carbocycles. The highest BCUT2D eigenvalue weighted by Gasteiger charge is 2.33. The number of hydrogen-bond acceptors (Lipinski definition) is 3. The number of halogens is 4. The van der Waals surface area contributed by atoms with Crippen molar-refractivity contribution in [3.8, 4) is 0 Å². The quantitative estimate of drug-likeness (QED) is 0.880. The SMILES string of the molecule is Cc1[nH]nc(C(=O)N2CCN(CC(F)(F)F)CC2)c1Br. The van der Waals surface area contributed by atoms with Crippen molar-refractivity contribution >= 4 is 21.8 Å². The van der Waals surface area contributed by atoms with Gasteiger partial charge in [-0.3, -0.25) is 14.8 Å². The normalized spacial score (nSPS) is 17.6. The van der Waals surface area contributed by atoms with E-state index in [1.54, 1.807) is 6.92 Å². The highest BCUT2D eigenvalue weighted by molar-refractivity contribution is 9.10. The average Bonchev–Trinajstić information content (AvgIpc) is 2.68. The number of nitrogens with zero attached hydrogens (tertiary/aromatic N) is 3. The molecule has 9 heteroatoms. The predicted octanol–water partition coefficient (Wildman–Crippen LogP) is 1.80. The minimum Gasteiger partial charge on any atom is -0.335 e. The van der Waals surface area contributed by atoms with Crippen LogP contribution in [0, 0.1) is 6.92 Å². The van der Waals surface area contributed by atoms with E-state index in [2.05, 4.69) is 26.1 Å². The summed E-state index contributed by atoms with van der Waals surface area (Å²) in [5.74, 6) is -0.270. The van der Waals surface area contributed by atoms with Crippen molar-refractivity contribution in [1.82, 2.24) is 20.0 Å². The molecule has 1 aromatic heterocycles. The summed E-state index contributed by atoms with van der Waals surface area (Å²) in [5, 5.41) is 6.61. The van der Waals surface area contributed by atoms with Crippen molar-refractivity contribution in [2.45, 2.75) is 13.1 Å². The second-order valence-electron chi connectivity index (χ2n) is 4.69. The Morgan fingerprint density at radius 2 is 1.95 bits per heavy atom. The van der Waals surface area contributed by atoms with Crippen LogP contribution in [0.1, 0.15) is 16.2 Å². The summed E-state index contributed by atoms with van der Waals surface area (Å²) in [6, 6.07) is 0. The molecule has 1 aliphatic rings. The lowest BCUT2D eigenvalue weighted by Gasteiger charge is -2.34. The van der Waals surface area contributed by atoms with Gasteiger partial charge in [0.05, 0.1) is 11.0 Å². The molecule has 1 aromatic rings. The standard InChI is InChI=1S/C11H14BrF3N4O/c1-7-8(12)9(17-16-7)10(20)19-4-2-18(3-5-19)6-11(13,14)15/h2-6H2,1H3,(H,16,17). The topological polar surface area (TPSA) is 52.2 Å². The maximum atomic E-state index is 12.3. The van der Waals surface area contributed by atoms with Crippen molar-refractivity contribution in [3.05, 3.63) is 15.9 Å². The van der Waals surface area contributed by atoms with Crippen molar-refractivity contribution in [1.29, 1.82) is 0 Å². The summed E-state index contributed by atoms with van der Waals surface area (Å²) < 4.78 is 37.4. The number of aromatic amines is 1. The number of amides is 1. The summed E-state index contributed by atoms with van der Waals surface area (Å²) in [6.07, 6.45) is -4.20. The van der Waals surface area contributed by atoms with Gasteiger partial charge in [-0.1, -0.05) is 0 Å². The first kappa shape index (κ1) is 15.3. The fourth-order valence-corrected chi connectivity index (χ4v) is 2.42. The van der Waals surface area contributed by atoms with Gasteiger partial charge < -0.3 is 4.90 Å². The number of rotatable bonds is 2. The van der Waals surface area contributed by atoms with Crippen LogP contribution >= 0.6 is 15.9 Å². The van der Waals surface area contributed by atoms with E-state index in [0.717, 1.165) is 5.69 Å². The molecule has 0 saturated carbocycles. The Kier molecular flexibility index (Phi) is 4.38. The van der Waals surface area contributed by atoms with Gasteiger partial charge in [0, 0.05) is 31.9 Å². The van der Waals surface area contributed by atoms with Crippen molar-refractivity contribution in [2.24, 2.45) is 0 Å². The Labute approximate surface area is 122 Å². The predicted molar refractivity (Wildman–Crippen MR) is 69.4 cm³/mol. The highest BCUT2D eigenvalue weighted by atomic mass is 79.9. The number of carbonyl (C=O) groups excluding carboxylic acids is 1. The minimum absolute atomic E-state index is 0.215. The van der Waals surface area contributed by atoms with E-state index in [-0.39, 0.29) is 37.8 Å². The molecule has 20 heavy (non-hydrogen) atoms. The van der Waals surface area contributed by atoms with E-state index < -0.39 is 12.7 Å². The highest BCUT2D eigenvalue weighted by Crippen LogP contribution is 2.21. The van der Waals surface area contributed by atoms with E-state index in [4.69, 9.17) is 0 Å². The molecule has 5 nitrogen and oxygen atoms in total. The van der Waals surface area contributed by atoms with Crippen molar-refractivity contribution in [3.63, 3.8) is 0 Å². The zero-order valence-electron chi connectivity index (χ0n) is 10.8. The fourth-order valence-electron chi connectivity index (χ4n) is 2.07. The molecule has 1 aliphatic heterocycles. The van der Waals surface area contributed by atoms with E-state index >= 15 is 0 Å². The molecule has 0 aromatic carbocycles. The first-order valence-electron chi connectivity index (χ1n) is 6.07. The summed E-state index contributed by atoms with van der Waals surface area (Å²) in [4.78, 5) is 15.0. The van der Waals surface area contributed by atoms with Crippen LogP contribution < -0.4 is 0 Å². The Morgan fingerprint density at radius 3 is 2.40 bits per heavy atom. The molecular weight excluding hydrogens is 341 g/mol. The molecule has 2 heterocycles. The van der Waals surface area contributed by atoms with Gasteiger partial charge in [0.2, 0.25) is 0 Å². The number of aryl methyl sites for hydroxylation is 1. The zero-order chi connectivity index (χ0) is 14.9. The molecule has 0 atom stereocenters. The maximum Gasteiger partial charge on any atom is 0.401 e. The summed E-state index contributed by atoms with van der Waals surface area (Å²) in [5.41, 5.74) is 1.01. The third-order valence-corrected chi connectivity index (χ3v) is 4.11. The lowest BCUT2D eigenvalue weighted by atomic mass is 10.2. The lowest BCUT2D eigenvalue weighted by Crippen LogP contribution is -2.51. The van der Waals surface area contributed by atoms with Gasteiger partial charge in [0.1, 0.15) is 0 Å². The van der Waals surface area contributed by atoms with Crippen molar-refractivity contribution < 1.29 is 18.0 Å². The Hall–Kier alpha value is -1.09. The molecule has 0 unspecified atom stereocenters. The molecule has 1 fully saturated rings. The maximum absolute atomic E-state index is 12.3. The van der Waals surface area contributed by atoms with Gasteiger partial charge in [0.25, 0.3) is 5.91 Å². The van der Waals surface area contributed by atoms with Crippen LogP contribution in [0.5, 0.6) is 0 Å². The molecule has 1 amide bonds. The van der Waals surface area contributed by atoms with Gasteiger partial charge in [-0.25, -0.2) is 0 Å². The van der Waals surface area contributed by atoms with E-state index in [1.165, 1.54) is 9.80 Å². The third-order valence-electron chi connectivity index (χ3n) is 3.14. The smallest absolute Gasteiger partial charge is 0.335 e. The summed E-state index contributed by atoms with van der Waals surface area (Å²) in [7, 11) is 0. The number of alkyl halides is 3. The Balaban J connectivity index is 1.94. The molecule has 2 rings (SSSR count). The number of aromatic nitrogens is 2. The number of carbonyl (C=O) groups is 1. The van der Waals surface area contributed by atoms with Crippen molar-refractivity contribution in [2.75, 3.05) is 32.7 Å².